The van der Waals surface area contributed by atoms with Gasteiger partial charge < -0.3 is 9.64 Å². The molecule has 0 bridgehead atoms. The predicted molar refractivity (Wildman–Crippen MR) is 157 cm³/mol. The molecule has 0 fully saturated rings. The number of benzene rings is 3. The quantitative estimate of drug-likeness (QED) is 0.0800. The van der Waals surface area contributed by atoms with Crippen molar-refractivity contribution in [2.45, 2.75) is 44.4 Å². The lowest BCUT2D eigenvalue weighted by Crippen LogP contribution is -2.26. The van der Waals surface area contributed by atoms with Gasteiger partial charge in [-0.2, -0.15) is 13.7 Å². The number of nitro benzene ring substituents is 2. The number of nitrogens with zero attached hydrogens (tertiary/aromatic N) is 6. The van der Waals surface area contributed by atoms with Crippen LogP contribution in [0.5, 0.6) is 5.75 Å². The molecule has 0 saturated carbocycles. The third kappa shape index (κ3) is 8.29. The fourth-order valence-corrected chi connectivity index (χ4v) is 4.78. The highest BCUT2D eigenvalue weighted by molar-refractivity contribution is 7.86. The predicted octanol–water partition coefficient (Wildman–Crippen LogP) is 7.00. The zero-order valence-corrected chi connectivity index (χ0v) is 24.5. The Kier molecular flexibility index (Phi) is 10.8. The van der Waals surface area contributed by atoms with E-state index in [1.807, 2.05) is 6.07 Å². The SMILES string of the molecule is CCCCN(CCCc1ccc(S(=O)(=O)F)cc1)c1cc(C)c(N=Nc2c(C#N)cc([N+](=O)[O-])cc2[N+](=O)[O-])cc1OC. The number of halogens is 1. The fraction of sp³-hybridized carbons (Fsp3) is 0.321. The Morgan fingerprint density at radius 2 is 1.70 bits per heavy atom. The molecule has 0 amide bonds. The molecule has 0 saturated heterocycles. The number of hydrogen-bond donors (Lipinski definition) is 0. The molecule has 3 aromatic rings. The monoisotopic (exact) mass is 612 g/mol. The topological polar surface area (TPSA) is 181 Å². The molecule has 0 heterocycles. The summed E-state index contributed by atoms with van der Waals surface area (Å²) in [5.41, 5.74) is 0.523. The molecule has 0 aliphatic heterocycles. The van der Waals surface area contributed by atoms with Gasteiger partial charge in [0.1, 0.15) is 11.8 Å². The highest BCUT2D eigenvalue weighted by Gasteiger charge is 2.25. The second-order valence-electron chi connectivity index (χ2n) is 9.52. The van der Waals surface area contributed by atoms with E-state index in [2.05, 4.69) is 22.1 Å². The second kappa shape index (κ2) is 14.3. The van der Waals surface area contributed by atoms with E-state index in [0.29, 0.717) is 42.9 Å². The summed E-state index contributed by atoms with van der Waals surface area (Å²) in [6, 6.07) is 12.5. The maximum Gasteiger partial charge on any atom is 0.332 e. The zero-order valence-electron chi connectivity index (χ0n) is 23.7. The largest absolute Gasteiger partial charge is 0.495 e. The maximum atomic E-state index is 13.2. The molecule has 0 unspecified atom stereocenters. The van der Waals surface area contributed by atoms with E-state index in [0.717, 1.165) is 36.2 Å². The van der Waals surface area contributed by atoms with Crippen LogP contribution in [0.2, 0.25) is 0 Å². The van der Waals surface area contributed by atoms with Crippen LogP contribution in [0.25, 0.3) is 0 Å². The number of azo groups is 1. The van der Waals surface area contributed by atoms with E-state index in [4.69, 9.17) is 4.74 Å². The van der Waals surface area contributed by atoms with Crippen LogP contribution >= 0.6 is 0 Å². The van der Waals surface area contributed by atoms with Crippen molar-refractivity contribution in [1.29, 1.82) is 5.26 Å². The molecule has 3 rings (SSSR count). The van der Waals surface area contributed by atoms with E-state index >= 15 is 0 Å². The van der Waals surface area contributed by atoms with Gasteiger partial charge in [-0.3, -0.25) is 20.2 Å². The molecule has 3 aromatic carbocycles. The van der Waals surface area contributed by atoms with Crippen LogP contribution in [0.15, 0.2) is 63.7 Å². The van der Waals surface area contributed by atoms with E-state index in [1.165, 1.54) is 19.2 Å². The van der Waals surface area contributed by atoms with Gasteiger partial charge in [0.05, 0.1) is 44.9 Å². The molecular formula is C28H29FN6O7S. The number of aryl methyl sites for hydroxylation is 2. The molecule has 0 atom stereocenters. The third-order valence-electron chi connectivity index (χ3n) is 6.58. The average Bonchev–Trinajstić information content (AvgIpc) is 2.97. The minimum absolute atomic E-state index is 0.315. The minimum Gasteiger partial charge on any atom is -0.495 e. The Morgan fingerprint density at radius 1 is 1.02 bits per heavy atom. The van der Waals surface area contributed by atoms with Gasteiger partial charge in [-0.25, -0.2) is 0 Å². The van der Waals surface area contributed by atoms with Crippen molar-refractivity contribution in [2.75, 3.05) is 25.1 Å². The van der Waals surface area contributed by atoms with Gasteiger partial charge in [-0.15, -0.1) is 14.1 Å². The lowest BCUT2D eigenvalue weighted by atomic mass is 10.1. The van der Waals surface area contributed by atoms with Gasteiger partial charge in [0.25, 0.3) is 5.69 Å². The number of non-ortho nitro benzene ring substituents is 1. The van der Waals surface area contributed by atoms with Crippen LogP contribution in [0.4, 0.5) is 32.3 Å². The Morgan fingerprint density at radius 3 is 2.26 bits per heavy atom. The van der Waals surface area contributed by atoms with Crippen molar-refractivity contribution in [3.8, 4) is 11.8 Å². The van der Waals surface area contributed by atoms with Gasteiger partial charge in [-0.1, -0.05) is 25.5 Å². The Hall–Kier alpha value is -4.97. The summed E-state index contributed by atoms with van der Waals surface area (Å²) in [4.78, 5) is 22.8. The number of nitro groups is 2. The van der Waals surface area contributed by atoms with Crippen molar-refractivity contribution in [1.82, 2.24) is 0 Å². The highest BCUT2D eigenvalue weighted by atomic mass is 32.3. The summed E-state index contributed by atoms with van der Waals surface area (Å²) in [6.45, 7) is 5.18. The van der Waals surface area contributed by atoms with E-state index in [1.54, 1.807) is 31.2 Å². The number of ether oxygens (including phenoxy) is 1. The summed E-state index contributed by atoms with van der Waals surface area (Å²) >= 11 is 0. The fourth-order valence-electron chi connectivity index (χ4n) is 4.32. The van der Waals surface area contributed by atoms with E-state index < -0.39 is 37.1 Å². The maximum absolute atomic E-state index is 13.2. The lowest BCUT2D eigenvalue weighted by Gasteiger charge is -2.27. The second-order valence-corrected chi connectivity index (χ2v) is 10.9. The standard InChI is InChI=1S/C28H29FN6O7S/c1-4-5-12-33(13-6-7-20-8-10-23(11-9-20)43(29,40)41)25-14-19(2)24(17-27(25)42-3)31-32-28-21(18-30)15-22(34(36)37)16-26(28)35(38)39/h8-11,14-17H,4-7,12-13H2,1-3H3. The number of unbranched alkanes of at least 4 members (excludes halogenated alkanes) is 1. The van der Waals surface area contributed by atoms with Crippen molar-refractivity contribution in [3.63, 3.8) is 0 Å². The van der Waals surface area contributed by atoms with Gasteiger partial charge in [0.2, 0.25) is 0 Å². The van der Waals surface area contributed by atoms with Crippen molar-refractivity contribution < 1.29 is 26.9 Å². The summed E-state index contributed by atoms with van der Waals surface area (Å²) in [6.07, 6.45) is 3.17. The first-order chi connectivity index (χ1) is 20.4. The molecule has 0 aliphatic carbocycles. The minimum atomic E-state index is -4.75. The molecule has 226 valence electrons. The van der Waals surface area contributed by atoms with Gasteiger partial charge in [-0.05, 0) is 55.5 Å². The molecule has 0 spiro atoms. The molecule has 15 heteroatoms. The van der Waals surface area contributed by atoms with Crippen LogP contribution in [0, 0.1) is 38.5 Å². The third-order valence-corrected chi connectivity index (χ3v) is 7.41. The van der Waals surface area contributed by atoms with Gasteiger partial charge >= 0.3 is 15.9 Å². The highest BCUT2D eigenvalue weighted by Crippen LogP contribution is 2.39. The van der Waals surface area contributed by atoms with E-state index in [9.17, 15) is 37.8 Å². The summed E-state index contributed by atoms with van der Waals surface area (Å²) in [5.74, 6) is 0.465. The molecule has 0 aliphatic rings. The molecule has 43 heavy (non-hydrogen) atoms. The summed E-state index contributed by atoms with van der Waals surface area (Å²) in [7, 11) is -3.27. The van der Waals surface area contributed by atoms with E-state index in [-0.39, 0.29) is 10.5 Å². The first-order valence-electron chi connectivity index (χ1n) is 13.1. The Labute approximate surface area is 247 Å². The number of methoxy groups -OCH3 is 1. The summed E-state index contributed by atoms with van der Waals surface area (Å²) in [5, 5.41) is 40.3. The first-order valence-corrected chi connectivity index (χ1v) is 14.5. The number of rotatable bonds is 14. The Bertz CT molecular complexity index is 1690. The average molecular weight is 613 g/mol. The van der Waals surface area contributed by atoms with Crippen molar-refractivity contribution >= 4 is 38.7 Å². The van der Waals surface area contributed by atoms with Gasteiger partial charge in [0.15, 0.2) is 5.69 Å². The van der Waals surface area contributed by atoms with Crippen molar-refractivity contribution in [2.24, 2.45) is 10.2 Å². The molecular weight excluding hydrogens is 583 g/mol. The first kappa shape index (κ1) is 32.5. The van der Waals surface area contributed by atoms with Gasteiger partial charge in [0, 0.05) is 25.2 Å². The molecule has 0 radical (unpaired) electrons. The normalized spacial score (nSPS) is 11.3. The number of anilines is 1. The van der Waals surface area contributed by atoms with Crippen LogP contribution < -0.4 is 9.64 Å². The number of nitriles is 1. The van der Waals surface area contributed by atoms with Crippen LogP contribution in [0.1, 0.15) is 42.9 Å². The lowest BCUT2D eigenvalue weighted by molar-refractivity contribution is -0.393. The van der Waals surface area contributed by atoms with Crippen LogP contribution in [-0.4, -0.2) is 38.5 Å². The van der Waals surface area contributed by atoms with Crippen LogP contribution in [0.3, 0.4) is 0 Å². The summed E-state index contributed by atoms with van der Waals surface area (Å²) < 4.78 is 41.0. The van der Waals surface area contributed by atoms with Crippen molar-refractivity contribution in [3.05, 3.63) is 85.4 Å². The molecule has 0 aromatic heterocycles. The smallest absolute Gasteiger partial charge is 0.332 e. The molecule has 13 nitrogen and oxygen atoms in total. The van der Waals surface area contributed by atoms with Crippen LogP contribution in [-0.2, 0) is 16.6 Å². The number of hydrogen-bond acceptors (Lipinski definition) is 11. The molecule has 0 N–H and O–H groups in total. The zero-order chi connectivity index (χ0) is 31.7. The Balaban J connectivity index is 1.90.